The standard InChI is InChI=1S/C16H34N2O/c1-4-15(5-2)18(11-12-19-3)14-16(13-17)9-7-6-8-10-16/h15H,4-14,17H2,1-3H3. The molecule has 2 N–H and O–H groups in total. The van der Waals surface area contributed by atoms with E-state index in [9.17, 15) is 0 Å². The molecule has 1 aliphatic carbocycles. The van der Waals surface area contributed by atoms with Crippen LogP contribution in [0.2, 0.25) is 0 Å². The van der Waals surface area contributed by atoms with E-state index in [4.69, 9.17) is 10.5 Å². The summed E-state index contributed by atoms with van der Waals surface area (Å²) in [5, 5.41) is 0. The largest absolute Gasteiger partial charge is 0.383 e. The van der Waals surface area contributed by atoms with Crippen molar-refractivity contribution in [2.24, 2.45) is 11.1 Å². The van der Waals surface area contributed by atoms with E-state index >= 15 is 0 Å². The fourth-order valence-corrected chi connectivity index (χ4v) is 3.56. The predicted molar refractivity (Wildman–Crippen MR) is 82.4 cm³/mol. The maximum absolute atomic E-state index is 6.14. The van der Waals surface area contributed by atoms with Crippen LogP contribution in [0.3, 0.4) is 0 Å². The summed E-state index contributed by atoms with van der Waals surface area (Å²) in [5.41, 5.74) is 6.51. The van der Waals surface area contributed by atoms with Gasteiger partial charge in [-0.25, -0.2) is 0 Å². The molecule has 0 atom stereocenters. The van der Waals surface area contributed by atoms with Crippen LogP contribution in [0.4, 0.5) is 0 Å². The number of rotatable bonds is 9. The Bertz CT molecular complexity index is 223. The molecule has 0 unspecified atom stereocenters. The van der Waals surface area contributed by atoms with E-state index in [0.717, 1.165) is 19.7 Å². The molecule has 0 spiro atoms. The van der Waals surface area contributed by atoms with Gasteiger partial charge in [-0.3, -0.25) is 4.90 Å². The van der Waals surface area contributed by atoms with E-state index in [1.165, 1.54) is 51.5 Å². The van der Waals surface area contributed by atoms with Gasteiger partial charge in [0.15, 0.2) is 0 Å². The van der Waals surface area contributed by atoms with E-state index in [-0.39, 0.29) is 0 Å². The number of nitrogens with zero attached hydrogens (tertiary/aromatic N) is 1. The molecule has 0 aromatic heterocycles. The van der Waals surface area contributed by atoms with E-state index in [0.29, 0.717) is 11.5 Å². The summed E-state index contributed by atoms with van der Waals surface area (Å²) in [7, 11) is 1.80. The molecule has 0 aromatic carbocycles. The molecular weight excluding hydrogens is 236 g/mol. The second kappa shape index (κ2) is 8.93. The molecule has 0 amide bonds. The minimum Gasteiger partial charge on any atom is -0.383 e. The molecule has 3 heteroatoms. The van der Waals surface area contributed by atoms with Crippen molar-refractivity contribution in [2.45, 2.75) is 64.8 Å². The number of ether oxygens (including phenoxy) is 1. The van der Waals surface area contributed by atoms with Gasteiger partial charge in [-0.1, -0.05) is 33.1 Å². The van der Waals surface area contributed by atoms with Crippen LogP contribution in [-0.4, -0.2) is 44.3 Å². The molecule has 0 radical (unpaired) electrons. The lowest BCUT2D eigenvalue weighted by Gasteiger charge is -2.43. The zero-order chi connectivity index (χ0) is 14.1. The van der Waals surface area contributed by atoms with Crippen molar-refractivity contribution >= 4 is 0 Å². The molecule has 19 heavy (non-hydrogen) atoms. The first kappa shape index (κ1) is 16.9. The van der Waals surface area contributed by atoms with Gasteiger partial charge in [0.1, 0.15) is 0 Å². The Balaban J connectivity index is 2.67. The molecule has 3 nitrogen and oxygen atoms in total. The maximum atomic E-state index is 6.14. The molecule has 0 heterocycles. The highest BCUT2D eigenvalue weighted by molar-refractivity contribution is 4.88. The van der Waals surface area contributed by atoms with Crippen LogP contribution >= 0.6 is 0 Å². The lowest BCUT2D eigenvalue weighted by Crippen LogP contribution is -2.48. The lowest BCUT2D eigenvalue weighted by atomic mass is 9.73. The minimum atomic E-state index is 0.370. The van der Waals surface area contributed by atoms with Crippen molar-refractivity contribution in [1.29, 1.82) is 0 Å². The fourth-order valence-electron chi connectivity index (χ4n) is 3.56. The number of nitrogens with two attached hydrogens (primary N) is 1. The summed E-state index contributed by atoms with van der Waals surface area (Å²) >= 11 is 0. The van der Waals surface area contributed by atoms with Crippen LogP contribution in [0.15, 0.2) is 0 Å². The first-order valence-electron chi connectivity index (χ1n) is 8.14. The van der Waals surface area contributed by atoms with Crippen LogP contribution in [0.1, 0.15) is 58.8 Å². The Morgan fingerprint density at radius 1 is 1.16 bits per heavy atom. The molecule has 114 valence electrons. The van der Waals surface area contributed by atoms with Gasteiger partial charge in [0.2, 0.25) is 0 Å². The van der Waals surface area contributed by atoms with Crippen molar-refractivity contribution in [2.75, 3.05) is 33.4 Å². The highest BCUT2D eigenvalue weighted by atomic mass is 16.5. The Morgan fingerprint density at radius 3 is 2.26 bits per heavy atom. The van der Waals surface area contributed by atoms with Crippen molar-refractivity contribution in [1.82, 2.24) is 4.90 Å². The highest BCUT2D eigenvalue weighted by Gasteiger charge is 2.33. The molecule has 0 saturated heterocycles. The van der Waals surface area contributed by atoms with Gasteiger partial charge in [0.25, 0.3) is 0 Å². The van der Waals surface area contributed by atoms with E-state index in [1.54, 1.807) is 7.11 Å². The number of hydrogen-bond donors (Lipinski definition) is 1. The number of methoxy groups -OCH3 is 1. The maximum Gasteiger partial charge on any atom is 0.0589 e. The summed E-state index contributed by atoms with van der Waals surface area (Å²) in [6.45, 7) is 8.48. The molecular formula is C16H34N2O. The SMILES string of the molecule is CCC(CC)N(CCOC)CC1(CN)CCCCC1. The first-order chi connectivity index (χ1) is 9.21. The van der Waals surface area contributed by atoms with Crippen LogP contribution in [0.25, 0.3) is 0 Å². The molecule has 1 aliphatic rings. The average molecular weight is 270 g/mol. The van der Waals surface area contributed by atoms with Crippen LogP contribution in [0.5, 0.6) is 0 Å². The van der Waals surface area contributed by atoms with Gasteiger partial charge in [-0.05, 0) is 37.6 Å². The summed E-state index contributed by atoms with van der Waals surface area (Å²) in [6.07, 6.45) is 9.18. The quantitative estimate of drug-likeness (QED) is 0.700. The van der Waals surface area contributed by atoms with Gasteiger partial charge >= 0.3 is 0 Å². The van der Waals surface area contributed by atoms with Crippen molar-refractivity contribution in [3.05, 3.63) is 0 Å². The van der Waals surface area contributed by atoms with E-state index in [2.05, 4.69) is 18.7 Å². The van der Waals surface area contributed by atoms with E-state index in [1.807, 2.05) is 0 Å². The normalized spacial score (nSPS) is 19.3. The van der Waals surface area contributed by atoms with Gasteiger partial charge in [0, 0.05) is 26.2 Å². The van der Waals surface area contributed by atoms with Crippen LogP contribution in [-0.2, 0) is 4.74 Å². The third-order valence-electron chi connectivity index (χ3n) is 4.93. The monoisotopic (exact) mass is 270 g/mol. The predicted octanol–water partition coefficient (Wildman–Crippen LogP) is 3.03. The van der Waals surface area contributed by atoms with Gasteiger partial charge in [-0.2, -0.15) is 0 Å². The van der Waals surface area contributed by atoms with Crippen molar-refractivity contribution < 1.29 is 4.74 Å². The van der Waals surface area contributed by atoms with Gasteiger partial charge in [-0.15, -0.1) is 0 Å². The number of hydrogen-bond acceptors (Lipinski definition) is 3. The molecule has 0 aromatic rings. The Morgan fingerprint density at radius 2 is 1.79 bits per heavy atom. The first-order valence-corrected chi connectivity index (χ1v) is 8.14. The lowest BCUT2D eigenvalue weighted by molar-refractivity contribution is 0.0545. The van der Waals surface area contributed by atoms with Gasteiger partial charge < -0.3 is 10.5 Å². The topological polar surface area (TPSA) is 38.5 Å². The zero-order valence-electron chi connectivity index (χ0n) is 13.3. The minimum absolute atomic E-state index is 0.370. The summed E-state index contributed by atoms with van der Waals surface area (Å²) in [6, 6.07) is 0.681. The van der Waals surface area contributed by atoms with Crippen LogP contribution in [0, 0.1) is 5.41 Å². The van der Waals surface area contributed by atoms with Crippen molar-refractivity contribution in [3.63, 3.8) is 0 Å². The second-order valence-electron chi connectivity index (χ2n) is 6.20. The molecule has 1 rings (SSSR count). The van der Waals surface area contributed by atoms with Crippen LogP contribution < -0.4 is 5.73 Å². The molecule has 0 aliphatic heterocycles. The van der Waals surface area contributed by atoms with Gasteiger partial charge in [0.05, 0.1) is 6.61 Å². The summed E-state index contributed by atoms with van der Waals surface area (Å²) in [5.74, 6) is 0. The highest BCUT2D eigenvalue weighted by Crippen LogP contribution is 2.36. The molecule has 1 fully saturated rings. The Hall–Kier alpha value is -0.120. The fraction of sp³-hybridized carbons (Fsp3) is 1.00. The molecule has 0 bridgehead atoms. The smallest absolute Gasteiger partial charge is 0.0589 e. The third kappa shape index (κ3) is 5.05. The summed E-state index contributed by atoms with van der Waals surface area (Å²) < 4.78 is 5.29. The summed E-state index contributed by atoms with van der Waals surface area (Å²) in [4.78, 5) is 2.64. The molecule has 1 saturated carbocycles. The Labute approximate surface area is 119 Å². The zero-order valence-corrected chi connectivity index (χ0v) is 13.3. The second-order valence-corrected chi connectivity index (χ2v) is 6.20. The Kier molecular flexibility index (Phi) is 7.96. The van der Waals surface area contributed by atoms with Crippen molar-refractivity contribution in [3.8, 4) is 0 Å². The average Bonchev–Trinajstić information content (AvgIpc) is 2.46. The third-order valence-corrected chi connectivity index (χ3v) is 4.93. The van der Waals surface area contributed by atoms with E-state index < -0.39 is 0 Å².